The fraction of sp³-hybridized carbons (Fsp3) is 0.214. The van der Waals surface area contributed by atoms with E-state index in [1.165, 1.54) is 11.5 Å². The molecule has 0 bridgehead atoms. The van der Waals surface area contributed by atoms with E-state index in [1.807, 2.05) is 30.5 Å². The van der Waals surface area contributed by atoms with Crippen LogP contribution < -0.4 is 11.3 Å². The van der Waals surface area contributed by atoms with Crippen LogP contribution >= 0.6 is 11.5 Å². The molecule has 1 unspecified atom stereocenters. The van der Waals surface area contributed by atoms with Gasteiger partial charge in [-0.25, -0.2) is 5.43 Å². The average Bonchev–Trinajstić information content (AvgIpc) is 2.96. The predicted molar refractivity (Wildman–Crippen MR) is 80.2 cm³/mol. The van der Waals surface area contributed by atoms with Crippen LogP contribution in [0.1, 0.15) is 29.1 Å². The first kappa shape index (κ1) is 13.1. The van der Waals surface area contributed by atoms with Crippen LogP contribution in [-0.2, 0) is 6.42 Å². The van der Waals surface area contributed by atoms with Crippen LogP contribution in [0.25, 0.3) is 10.9 Å². The number of fused-ring (bicyclic) bond motifs is 1. The number of benzene rings is 1. The Kier molecular flexibility index (Phi) is 3.68. The number of nitrogens with two attached hydrogens (primary N) is 1. The van der Waals surface area contributed by atoms with Crippen LogP contribution in [0.5, 0.6) is 0 Å². The van der Waals surface area contributed by atoms with Crippen molar-refractivity contribution in [3.8, 4) is 0 Å². The SMILES string of the molecule is CCc1nnsc1C(NN)c1cnc2ccccc2c1. The Morgan fingerprint density at radius 2 is 2.20 bits per heavy atom. The van der Waals surface area contributed by atoms with Crippen molar-refractivity contribution in [3.05, 3.63) is 52.7 Å². The molecular formula is C14H15N5S. The average molecular weight is 285 g/mol. The maximum atomic E-state index is 5.74. The molecule has 20 heavy (non-hydrogen) atoms. The second-order valence-electron chi connectivity index (χ2n) is 4.50. The summed E-state index contributed by atoms with van der Waals surface area (Å²) in [6.07, 6.45) is 2.69. The van der Waals surface area contributed by atoms with Gasteiger partial charge in [-0.1, -0.05) is 29.6 Å². The molecule has 2 heterocycles. The summed E-state index contributed by atoms with van der Waals surface area (Å²) in [4.78, 5) is 5.53. The molecule has 0 aliphatic carbocycles. The number of aromatic nitrogens is 3. The van der Waals surface area contributed by atoms with Gasteiger partial charge < -0.3 is 0 Å². The van der Waals surface area contributed by atoms with Gasteiger partial charge in [-0.3, -0.25) is 10.8 Å². The minimum atomic E-state index is -0.123. The van der Waals surface area contributed by atoms with E-state index in [4.69, 9.17) is 5.84 Å². The second-order valence-corrected chi connectivity index (χ2v) is 5.28. The van der Waals surface area contributed by atoms with Crippen LogP contribution in [0.2, 0.25) is 0 Å². The Morgan fingerprint density at radius 1 is 1.35 bits per heavy atom. The number of para-hydroxylation sites is 1. The summed E-state index contributed by atoms with van der Waals surface area (Å²) < 4.78 is 4.03. The highest BCUT2D eigenvalue weighted by molar-refractivity contribution is 7.05. The van der Waals surface area contributed by atoms with Gasteiger partial charge in [0.15, 0.2) is 0 Å². The summed E-state index contributed by atoms with van der Waals surface area (Å²) in [6, 6.07) is 10.0. The second kappa shape index (κ2) is 5.62. The van der Waals surface area contributed by atoms with Crippen molar-refractivity contribution in [2.75, 3.05) is 0 Å². The Hall–Kier alpha value is -1.89. The van der Waals surface area contributed by atoms with Gasteiger partial charge in [0.2, 0.25) is 0 Å². The molecule has 0 radical (unpaired) electrons. The Balaban J connectivity index is 2.07. The number of hydrazine groups is 1. The molecule has 3 rings (SSSR count). The van der Waals surface area contributed by atoms with Crippen LogP contribution in [0.4, 0.5) is 0 Å². The lowest BCUT2D eigenvalue weighted by atomic mass is 10.0. The summed E-state index contributed by atoms with van der Waals surface area (Å²) in [6.45, 7) is 2.06. The van der Waals surface area contributed by atoms with Gasteiger partial charge in [-0.15, -0.1) is 5.10 Å². The number of hydrogen-bond donors (Lipinski definition) is 2. The van der Waals surface area contributed by atoms with Gasteiger partial charge in [-0.2, -0.15) is 0 Å². The highest BCUT2D eigenvalue weighted by Gasteiger charge is 2.19. The monoisotopic (exact) mass is 285 g/mol. The van der Waals surface area contributed by atoms with Crippen molar-refractivity contribution in [2.45, 2.75) is 19.4 Å². The van der Waals surface area contributed by atoms with E-state index < -0.39 is 0 Å². The predicted octanol–water partition coefficient (Wildman–Crippen LogP) is 2.20. The number of nitrogens with zero attached hydrogens (tertiary/aromatic N) is 3. The number of pyridine rings is 1. The fourth-order valence-electron chi connectivity index (χ4n) is 2.25. The lowest BCUT2D eigenvalue weighted by Crippen LogP contribution is -2.29. The van der Waals surface area contributed by atoms with Crippen molar-refractivity contribution >= 4 is 22.4 Å². The molecular weight excluding hydrogens is 270 g/mol. The molecule has 102 valence electrons. The zero-order valence-electron chi connectivity index (χ0n) is 11.1. The third-order valence-electron chi connectivity index (χ3n) is 3.29. The van der Waals surface area contributed by atoms with E-state index in [9.17, 15) is 0 Å². The first-order chi connectivity index (χ1) is 9.83. The molecule has 0 fully saturated rings. The molecule has 3 aromatic rings. The van der Waals surface area contributed by atoms with Gasteiger partial charge in [-0.05, 0) is 35.6 Å². The standard InChI is InChI=1S/C14H15N5S/c1-2-11-14(20-19-18-11)13(17-15)10-7-9-5-3-4-6-12(9)16-8-10/h3-8,13,17H,2,15H2,1H3. The number of aryl methyl sites for hydroxylation is 1. The van der Waals surface area contributed by atoms with Crippen LogP contribution in [-0.4, -0.2) is 14.6 Å². The summed E-state index contributed by atoms with van der Waals surface area (Å²) in [5, 5.41) is 5.24. The normalized spacial score (nSPS) is 12.7. The Bertz CT molecular complexity index is 724. The first-order valence-corrected chi connectivity index (χ1v) is 7.22. The van der Waals surface area contributed by atoms with E-state index in [1.54, 1.807) is 0 Å². The van der Waals surface area contributed by atoms with E-state index in [-0.39, 0.29) is 6.04 Å². The number of nitrogens with one attached hydrogen (secondary N) is 1. The van der Waals surface area contributed by atoms with Crippen molar-refractivity contribution in [2.24, 2.45) is 5.84 Å². The number of hydrogen-bond acceptors (Lipinski definition) is 6. The molecule has 3 N–H and O–H groups in total. The Morgan fingerprint density at radius 3 is 3.00 bits per heavy atom. The van der Waals surface area contributed by atoms with Crippen LogP contribution in [0.15, 0.2) is 36.5 Å². The lowest BCUT2D eigenvalue weighted by molar-refractivity contribution is 0.638. The highest BCUT2D eigenvalue weighted by atomic mass is 32.1. The van der Waals surface area contributed by atoms with Crippen LogP contribution in [0, 0.1) is 0 Å². The highest BCUT2D eigenvalue weighted by Crippen LogP contribution is 2.28. The van der Waals surface area contributed by atoms with E-state index in [0.717, 1.165) is 33.5 Å². The van der Waals surface area contributed by atoms with E-state index in [0.29, 0.717) is 0 Å². The van der Waals surface area contributed by atoms with Gasteiger partial charge in [0.05, 0.1) is 22.1 Å². The molecule has 1 atom stereocenters. The van der Waals surface area contributed by atoms with Gasteiger partial charge in [0, 0.05) is 11.6 Å². The van der Waals surface area contributed by atoms with Crippen molar-refractivity contribution in [1.29, 1.82) is 0 Å². The third kappa shape index (κ3) is 2.29. The maximum Gasteiger partial charge on any atom is 0.0852 e. The molecule has 5 nitrogen and oxygen atoms in total. The third-order valence-corrected chi connectivity index (χ3v) is 4.13. The minimum absolute atomic E-state index is 0.123. The van der Waals surface area contributed by atoms with Crippen molar-refractivity contribution in [3.63, 3.8) is 0 Å². The summed E-state index contributed by atoms with van der Waals surface area (Å²) in [5.74, 6) is 5.74. The topological polar surface area (TPSA) is 76.7 Å². The Labute approximate surface area is 121 Å². The molecule has 0 saturated heterocycles. The zero-order chi connectivity index (χ0) is 13.9. The summed E-state index contributed by atoms with van der Waals surface area (Å²) >= 11 is 1.38. The smallest absolute Gasteiger partial charge is 0.0852 e. The first-order valence-electron chi connectivity index (χ1n) is 6.45. The summed E-state index contributed by atoms with van der Waals surface area (Å²) in [7, 11) is 0. The summed E-state index contributed by atoms with van der Waals surface area (Å²) in [5.41, 5.74) is 5.83. The molecule has 0 spiro atoms. The molecule has 0 aliphatic rings. The van der Waals surface area contributed by atoms with E-state index >= 15 is 0 Å². The molecule has 6 heteroatoms. The number of rotatable bonds is 4. The van der Waals surface area contributed by atoms with Crippen molar-refractivity contribution < 1.29 is 0 Å². The zero-order valence-corrected chi connectivity index (χ0v) is 11.9. The van der Waals surface area contributed by atoms with Gasteiger partial charge >= 0.3 is 0 Å². The lowest BCUT2D eigenvalue weighted by Gasteiger charge is -2.15. The molecule has 0 saturated carbocycles. The largest absolute Gasteiger partial charge is 0.271 e. The maximum absolute atomic E-state index is 5.74. The molecule has 0 amide bonds. The quantitative estimate of drug-likeness (QED) is 0.567. The molecule has 2 aromatic heterocycles. The minimum Gasteiger partial charge on any atom is -0.271 e. The van der Waals surface area contributed by atoms with Gasteiger partial charge in [0.1, 0.15) is 0 Å². The fourth-order valence-corrected chi connectivity index (χ4v) is 3.08. The molecule has 0 aliphatic heterocycles. The van der Waals surface area contributed by atoms with Crippen molar-refractivity contribution in [1.82, 2.24) is 20.0 Å². The van der Waals surface area contributed by atoms with Crippen LogP contribution in [0.3, 0.4) is 0 Å². The van der Waals surface area contributed by atoms with Gasteiger partial charge in [0.25, 0.3) is 0 Å². The van der Waals surface area contributed by atoms with E-state index in [2.05, 4.69) is 33.0 Å². The molecule has 1 aromatic carbocycles.